The second-order valence-corrected chi connectivity index (χ2v) is 5.05. The van der Waals surface area contributed by atoms with Gasteiger partial charge in [0.25, 0.3) is 10.2 Å². The number of hydrogen-bond acceptors (Lipinski definition) is 2. The second-order valence-electron chi connectivity index (χ2n) is 3.60. The van der Waals surface area contributed by atoms with E-state index < -0.39 is 10.2 Å². The van der Waals surface area contributed by atoms with Gasteiger partial charge in [0.05, 0.1) is 5.69 Å². The topological polar surface area (TPSA) is 58.2 Å². The summed E-state index contributed by atoms with van der Waals surface area (Å²) in [5.74, 6) is 2.44. The lowest BCUT2D eigenvalue weighted by Crippen LogP contribution is -2.35. The van der Waals surface area contributed by atoms with E-state index >= 15 is 0 Å². The van der Waals surface area contributed by atoms with Crippen molar-refractivity contribution in [3.63, 3.8) is 0 Å². The van der Waals surface area contributed by atoms with Crippen LogP contribution in [0.25, 0.3) is 0 Å². The van der Waals surface area contributed by atoms with E-state index in [2.05, 4.69) is 15.4 Å². The smallest absolute Gasteiger partial charge is 0.271 e. The summed E-state index contributed by atoms with van der Waals surface area (Å²) in [6.07, 6.45) is 5.22. The summed E-state index contributed by atoms with van der Waals surface area (Å²) < 4.78 is 27.9. The first-order chi connectivity index (χ1) is 7.43. The number of rotatable bonds is 4. The molecule has 0 aliphatic carbocycles. The Labute approximate surface area is 96.3 Å². The van der Waals surface area contributed by atoms with Crippen molar-refractivity contribution >= 4 is 15.9 Å². The summed E-state index contributed by atoms with van der Waals surface area (Å²) in [6, 6.07) is 6.50. The van der Waals surface area contributed by atoms with Crippen molar-refractivity contribution in [2.75, 3.05) is 4.72 Å². The van der Waals surface area contributed by atoms with Crippen LogP contribution in [-0.4, -0.2) is 14.5 Å². The van der Waals surface area contributed by atoms with Crippen LogP contribution in [0.2, 0.25) is 0 Å². The van der Waals surface area contributed by atoms with Crippen LogP contribution < -0.4 is 9.44 Å². The van der Waals surface area contributed by atoms with Crippen molar-refractivity contribution in [1.29, 1.82) is 0 Å². The third-order valence-corrected chi connectivity index (χ3v) is 2.96. The second kappa shape index (κ2) is 5.01. The van der Waals surface area contributed by atoms with Gasteiger partial charge in [-0.05, 0) is 32.0 Å². The Kier molecular flexibility index (Phi) is 3.93. The van der Waals surface area contributed by atoms with Gasteiger partial charge in [-0.3, -0.25) is 4.72 Å². The summed E-state index contributed by atoms with van der Waals surface area (Å²) in [7, 11) is -3.53. The number of hydrogen-bond donors (Lipinski definition) is 2. The van der Waals surface area contributed by atoms with Crippen LogP contribution in [0.4, 0.5) is 5.69 Å². The van der Waals surface area contributed by atoms with Crippen LogP contribution in [-0.2, 0) is 10.2 Å². The highest BCUT2D eigenvalue weighted by atomic mass is 32.2. The van der Waals surface area contributed by atoms with E-state index in [9.17, 15) is 8.42 Å². The van der Waals surface area contributed by atoms with Crippen LogP contribution in [0, 0.1) is 12.3 Å². The summed E-state index contributed by atoms with van der Waals surface area (Å²) >= 11 is 0. The molecule has 0 fully saturated rings. The number of nitrogens with one attached hydrogen (secondary N) is 2. The molecule has 0 atom stereocenters. The van der Waals surface area contributed by atoms with E-state index in [-0.39, 0.29) is 6.04 Å². The van der Waals surface area contributed by atoms with Crippen molar-refractivity contribution in [2.45, 2.75) is 19.9 Å². The van der Waals surface area contributed by atoms with E-state index in [4.69, 9.17) is 6.42 Å². The zero-order chi connectivity index (χ0) is 12.2. The monoisotopic (exact) mass is 238 g/mol. The largest absolute Gasteiger partial charge is 0.299 e. The van der Waals surface area contributed by atoms with Crippen LogP contribution in [0.15, 0.2) is 24.3 Å². The molecule has 86 valence electrons. The highest BCUT2D eigenvalue weighted by molar-refractivity contribution is 7.90. The molecule has 0 amide bonds. The first kappa shape index (κ1) is 12.6. The fourth-order valence-electron chi connectivity index (χ4n) is 1.17. The summed E-state index contributed by atoms with van der Waals surface area (Å²) in [4.78, 5) is 0. The van der Waals surface area contributed by atoms with Crippen LogP contribution in [0.3, 0.4) is 0 Å². The van der Waals surface area contributed by atoms with Gasteiger partial charge in [0.2, 0.25) is 0 Å². The lowest BCUT2D eigenvalue weighted by atomic mass is 10.2. The molecule has 0 aliphatic heterocycles. The molecule has 0 bridgehead atoms. The van der Waals surface area contributed by atoms with Crippen molar-refractivity contribution in [1.82, 2.24) is 4.72 Å². The van der Waals surface area contributed by atoms with Gasteiger partial charge in [0.1, 0.15) is 0 Å². The Morgan fingerprint density at radius 1 is 1.38 bits per heavy atom. The molecule has 1 aromatic rings. The average Bonchev–Trinajstić information content (AvgIpc) is 2.15. The average molecular weight is 238 g/mol. The van der Waals surface area contributed by atoms with Gasteiger partial charge >= 0.3 is 0 Å². The molecule has 2 N–H and O–H groups in total. The van der Waals surface area contributed by atoms with E-state index in [1.807, 2.05) is 0 Å². The zero-order valence-corrected chi connectivity index (χ0v) is 10.0. The molecule has 0 spiro atoms. The minimum Gasteiger partial charge on any atom is -0.271 e. The molecule has 0 saturated heterocycles. The molecule has 0 saturated carbocycles. The van der Waals surface area contributed by atoms with Crippen LogP contribution in [0.5, 0.6) is 0 Å². The first-order valence-corrected chi connectivity index (χ1v) is 6.28. The lowest BCUT2D eigenvalue weighted by molar-refractivity contribution is 0.575. The Morgan fingerprint density at radius 3 is 2.62 bits per heavy atom. The maximum atomic E-state index is 11.5. The minimum atomic E-state index is -3.53. The molecule has 0 aromatic heterocycles. The molecular formula is C11H14N2O2S. The summed E-state index contributed by atoms with van der Waals surface area (Å²) in [5.41, 5.74) is 1.08. The molecule has 0 radical (unpaired) electrons. The van der Waals surface area contributed by atoms with E-state index in [0.717, 1.165) is 0 Å². The Morgan fingerprint density at radius 2 is 2.06 bits per heavy atom. The van der Waals surface area contributed by atoms with E-state index in [0.29, 0.717) is 11.3 Å². The quantitative estimate of drug-likeness (QED) is 0.777. The highest BCUT2D eigenvalue weighted by Gasteiger charge is 2.10. The van der Waals surface area contributed by atoms with Gasteiger partial charge in [-0.25, -0.2) is 0 Å². The van der Waals surface area contributed by atoms with Gasteiger partial charge in [-0.2, -0.15) is 13.1 Å². The van der Waals surface area contributed by atoms with Crippen LogP contribution in [0.1, 0.15) is 19.4 Å². The Hall–Kier alpha value is -1.51. The van der Waals surface area contributed by atoms with Gasteiger partial charge < -0.3 is 0 Å². The maximum absolute atomic E-state index is 11.5. The Bertz CT molecular complexity index is 501. The molecule has 1 rings (SSSR count). The number of anilines is 1. The first-order valence-electron chi connectivity index (χ1n) is 4.79. The van der Waals surface area contributed by atoms with Crippen molar-refractivity contribution < 1.29 is 8.42 Å². The lowest BCUT2D eigenvalue weighted by Gasteiger charge is -2.11. The molecule has 0 heterocycles. The van der Waals surface area contributed by atoms with Gasteiger partial charge in [-0.15, -0.1) is 6.42 Å². The SMILES string of the molecule is C#Cc1cccc(NS(=O)(=O)NC(C)C)c1. The van der Waals surface area contributed by atoms with Gasteiger partial charge in [0.15, 0.2) is 0 Å². The normalized spacial score (nSPS) is 11.1. The van der Waals surface area contributed by atoms with Gasteiger partial charge in [-0.1, -0.05) is 12.0 Å². The van der Waals surface area contributed by atoms with Crippen LogP contribution >= 0.6 is 0 Å². The summed E-state index contributed by atoms with van der Waals surface area (Å²) in [6.45, 7) is 3.49. The standard InChI is InChI=1S/C11H14N2O2S/c1-4-10-6-5-7-11(8-10)13-16(14,15)12-9(2)3/h1,5-9,12-13H,2-3H3. The molecule has 0 aliphatic rings. The molecule has 1 aromatic carbocycles. The maximum Gasteiger partial charge on any atom is 0.299 e. The van der Waals surface area contributed by atoms with Gasteiger partial charge in [0, 0.05) is 11.6 Å². The predicted molar refractivity (Wildman–Crippen MR) is 65.2 cm³/mol. The van der Waals surface area contributed by atoms with Crippen molar-refractivity contribution in [3.05, 3.63) is 29.8 Å². The fraction of sp³-hybridized carbons (Fsp3) is 0.273. The molecule has 5 heteroatoms. The van der Waals surface area contributed by atoms with E-state index in [1.165, 1.54) is 0 Å². The predicted octanol–water partition coefficient (Wildman–Crippen LogP) is 1.32. The van der Waals surface area contributed by atoms with E-state index in [1.54, 1.807) is 38.1 Å². The molecule has 16 heavy (non-hydrogen) atoms. The van der Waals surface area contributed by atoms with Crippen molar-refractivity contribution in [3.8, 4) is 12.3 Å². The molecule has 4 nitrogen and oxygen atoms in total. The highest BCUT2D eigenvalue weighted by Crippen LogP contribution is 2.10. The zero-order valence-electron chi connectivity index (χ0n) is 9.19. The van der Waals surface area contributed by atoms with Crippen molar-refractivity contribution in [2.24, 2.45) is 0 Å². The Balaban J connectivity index is 2.85. The fourth-order valence-corrected chi connectivity index (χ4v) is 2.28. The molecular weight excluding hydrogens is 224 g/mol. The minimum absolute atomic E-state index is 0.159. The number of benzene rings is 1. The third-order valence-electron chi connectivity index (χ3n) is 1.67. The summed E-state index contributed by atoms with van der Waals surface area (Å²) in [5, 5.41) is 0. The third kappa shape index (κ3) is 3.93. The number of terminal acetylenes is 1. The molecule has 0 unspecified atom stereocenters.